The minimum atomic E-state index is -1.36. The highest BCUT2D eigenvalue weighted by Crippen LogP contribution is 2.32. The maximum Gasteiger partial charge on any atom is 0.407 e. The standard InChI is InChI=1S/C11H21FN2O2.ClH/c1-10(2,3)16-9(15)14-7-11(12)5-4-8(13)6-11;/h8H,4-7,13H2,1-3H3,(H,14,15);1H/t8-,11+;/m0./s1. The van der Waals surface area contributed by atoms with E-state index in [9.17, 15) is 9.18 Å². The summed E-state index contributed by atoms with van der Waals surface area (Å²) in [6, 6.07) is -0.0922. The van der Waals surface area contributed by atoms with E-state index in [-0.39, 0.29) is 25.0 Å². The molecule has 1 fully saturated rings. The largest absolute Gasteiger partial charge is 0.444 e. The summed E-state index contributed by atoms with van der Waals surface area (Å²) in [4.78, 5) is 11.3. The Hall–Kier alpha value is -0.550. The minimum Gasteiger partial charge on any atom is -0.444 e. The molecule has 17 heavy (non-hydrogen) atoms. The number of nitrogens with two attached hydrogens (primary N) is 1. The van der Waals surface area contributed by atoms with Gasteiger partial charge in [-0.3, -0.25) is 0 Å². The number of carbonyl (C=O) groups excluding carboxylic acids is 1. The first-order chi connectivity index (χ1) is 7.20. The van der Waals surface area contributed by atoms with Gasteiger partial charge >= 0.3 is 6.09 Å². The van der Waals surface area contributed by atoms with E-state index in [2.05, 4.69) is 5.32 Å². The SMILES string of the molecule is CC(C)(C)OC(=O)NC[C@@]1(F)CC[C@H](N)C1.Cl. The van der Waals surface area contributed by atoms with Gasteiger partial charge in [0.1, 0.15) is 11.3 Å². The second-order valence-electron chi connectivity index (χ2n) is 5.51. The van der Waals surface area contributed by atoms with Crippen LogP contribution in [0, 0.1) is 0 Å². The Morgan fingerprint density at radius 1 is 1.59 bits per heavy atom. The number of nitrogens with one attached hydrogen (secondary N) is 1. The first-order valence-electron chi connectivity index (χ1n) is 5.62. The smallest absolute Gasteiger partial charge is 0.407 e. The molecule has 1 rings (SSSR count). The van der Waals surface area contributed by atoms with E-state index < -0.39 is 17.4 Å². The number of hydrogen-bond donors (Lipinski definition) is 2. The fraction of sp³-hybridized carbons (Fsp3) is 0.909. The zero-order chi connectivity index (χ0) is 12.4. The van der Waals surface area contributed by atoms with Gasteiger partial charge in [-0.15, -0.1) is 12.4 Å². The lowest BCUT2D eigenvalue weighted by Crippen LogP contribution is -2.41. The van der Waals surface area contributed by atoms with Crippen LogP contribution in [0.25, 0.3) is 0 Å². The predicted molar refractivity (Wildman–Crippen MR) is 67.2 cm³/mol. The second-order valence-corrected chi connectivity index (χ2v) is 5.51. The van der Waals surface area contributed by atoms with Crippen molar-refractivity contribution in [3.63, 3.8) is 0 Å². The summed E-state index contributed by atoms with van der Waals surface area (Å²) in [5, 5.41) is 2.45. The monoisotopic (exact) mass is 268 g/mol. The summed E-state index contributed by atoms with van der Waals surface area (Å²) in [7, 11) is 0. The Morgan fingerprint density at radius 2 is 2.18 bits per heavy atom. The molecule has 0 spiro atoms. The molecule has 1 aliphatic rings. The van der Waals surface area contributed by atoms with Crippen LogP contribution in [0.3, 0.4) is 0 Å². The van der Waals surface area contributed by atoms with Gasteiger partial charge in [-0.1, -0.05) is 0 Å². The molecule has 0 aliphatic heterocycles. The van der Waals surface area contributed by atoms with Gasteiger partial charge in [0, 0.05) is 6.04 Å². The van der Waals surface area contributed by atoms with Crippen LogP contribution in [0.1, 0.15) is 40.0 Å². The van der Waals surface area contributed by atoms with E-state index in [0.717, 1.165) is 0 Å². The van der Waals surface area contributed by atoms with Crippen LogP contribution in [0.15, 0.2) is 0 Å². The van der Waals surface area contributed by atoms with Crippen molar-refractivity contribution in [1.82, 2.24) is 5.32 Å². The van der Waals surface area contributed by atoms with Crippen molar-refractivity contribution in [2.45, 2.75) is 57.3 Å². The summed E-state index contributed by atoms with van der Waals surface area (Å²) in [5.74, 6) is 0. The molecule has 6 heteroatoms. The molecule has 0 aromatic rings. The lowest BCUT2D eigenvalue weighted by atomic mass is 10.1. The summed E-state index contributed by atoms with van der Waals surface area (Å²) in [5.41, 5.74) is 3.71. The number of ether oxygens (including phenoxy) is 1. The van der Waals surface area contributed by atoms with Gasteiger partial charge in [-0.25, -0.2) is 9.18 Å². The molecule has 3 N–H and O–H groups in total. The quantitative estimate of drug-likeness (QED) is 0.807. The van der Waals surface area contributed by atoms with Crippen molar-refractivity contribution >= 4 is 18.5 Å². The molecule has 102 valence electrons. The first-order valence-corrected chi connectivity index (χ1v) is 5.62. The maximum atomic E-state index is 14.0. The van der Waals surface area contributed by atoms with Crippen LogP contribution < -0.4 is 11.1 Å². The summed E-state index contributed by atoms with van der Waals surface area (Å²) >= 11 is 0. The molecule has 0 radical (unpaired) electrons. The lowest BCUT2D eigenvalue weighted by molar-refractivity contribution is 0.0478. The van der Waals surface area contributed by atoms with Crippen molar-refractivity contribution in [3.05, 3.63) is 0 Å². The molecule has 1 aliphatic carbocycles. The average molecular weight is 269 g/mol. The molecule has 0 aromatic heterocycles. The second kappa shape index (κ2) is 5.87. The van der Waals surface area contributed by atoms with Crippen LogP contribution in [-0.4, -0.2) is 29.9 Å². The molecule has 0 unspecified atom stereocenters. The Bertz CT molecular complexity index is 271. The Kier molecular flexibility index (Phi) is 5.68. The van der Waals surface area contributed by atoms with Crippen LogP contribution in [0.4, 0.5) is 9.18 Å². The fourth-order valence-corrected chi connectivity index (χ4v) is 1.82. The van der Waals surface area contributed by atoms with Gasteiger partial charge in [0.05, 0.1) is 6.54 Å². The number of alkyl halides is 1. The maximum absolute atomic E-state index is 14.0. The van der Waals surface area contributed by atoms with Crippen LogP contribution in [0.2, 0.25) is 0 Å². The van der Waals surface area contributed by atoms with Gasteiger partial charge in [0.15, 0.2) is 0 Å². The molecule has 0 saturated heterocycles. The highest BCUT2D eigenvalue weighted by atomic mass is 35.5. The number of alkyl carbamates (subject to hydrolysis) is 1. The van der Waals surface area contributed by atoms with E-state index in [0.29, 0.717) is 19.3 Å². The van der Waals surface area contributed by atoms with Crippen LogP contribution in [0.5, 0.6) is 0 Å². The van der Waals surface area contributed by atoms with E-state index in [1.807, 2.05) is 0 Å². The minimum absolute atomic E-state index is 0. The number of amides is 1. The highest BCUT2D eigenvalue weighted by Gasteiger charge is 2.38. The molecule has 0 heterocycles. The molecule has 0 aromatic carbocycles. The molecule has 1 saturated carbocycles. The summed E-state index contributed by atoms with van der Waals surface area (Å²) < 4.78 is 19.0. The van der Waals surface area contributed by atoms with Gasteiger partial charge in [0.2, 0.25) is 0 Å². The van der Waals surface area contributed by atoms with E-state index in [1.165, 1.54) is 0 Å². The molecule has 1 amide bonds. The van der Waals surface area contributed by atoms with Gasteiger partial charge < -0.3 is 15.8 Å². The first kappa shape index (κ1) is 16.4. The van der Waals surface area contributed by atoms with E-state index in [1.54, 1.807) is 20.8 Å². The third kappa shape index (κ3) is 6.07. The predicted octanol–water partition coefficient (Wildman–Crippen LogP) is 2.15. The van der Waals surface area contributed by atoms with Crippen molar-refractivity contribution < 1.29 is 13.9 Å². The topological polar surface area (TPSA) is 64.3 Å². The molecular formula is C11H22ClFN2O2. The van der Waals surface area contributed by atoms with Crippen molar-refractivity contribution in [1.29, 1.82) is 0 Å². The Labute approximate surface area is 108 Å². The average Bonchev–Trinajstić information content (AvgIpc) is 2.41. The molecule has 4 nitrogen and oxygen atoms in total. The summed E-state index contributed by atoms with van der Waals surface area (Å²) in [6.07, 6.45) is 0.809. The van der Waals surface area contributed by atoms with E-state index in [4.69, 9.17) is 10.5 Å². The van der Waals surface area contributed by atoms with Crippen molar-refractivity contribution in [2.75, 3.05) is 6.54 Å². The molecule has 0 bridgehead atoms. The number of halogens is 2. The molecular weight excluding hydrogens is 247 g/mol. The van der Waals surface area contributed by atoms with Crippen LogP contribution in [-0.2, 0) is 4.74 Å². The number of hydrogen-bond acceptors (Lipinski definition) is 3. The summed E-state index contributed by atoms with van der Waals surface area (Å²) in [6.45, 7) is 5.28. The molecule has 2 atom stereocenters. The zero-order valence-corrected chi connectivity index (χ0v) is 11.4. The number of rotatable bonds is 2. The highest BCUT2D eigenvalue weighted by molar-refractivity contribution is 5.85. The third-order valence-electron chi connectivity index (χ3n) is 2.54. The Morgan fingerprint density at radius 3 is 2.59 bits per heavy atom. The fourth-order valence-electron chi connectivity index (χ4n) is 1.82. The van der Waals surface area contributed by atoms with Crippen molar-refractivity contribution in [3.8, 4) is 0 Å². The van der Waals surface area contributed by atoms with E-state index >= 15 is 0 Å². The van der Waals surface area contributed by atoms with Crippen LogP contribution >= 0.6 is 12.4 Å². The normalized spacial score (nSPS) is 28.4. The lowest BCUT2D eigenvalue weighted by Gasteiger charge is -2.23. The Balaban J connectivity index is 0.00000256. The number of carbonyl (C=O) groups is 1. The third-order valence-corrected chi connectivity index (χ3v) is 2.54. The van der Waals surface area contributed by atoms with Crippen molar-refractivity contribution in [2.24, 2.45) is 5.73 Å². The van der Waals surface area contributed by atoms with Gasteiger partial charge in [-0.2, -0.15) is 0 Å². The van der Waals surface area contributed by atoms with Gasteiger partial charge in [-0.05, 0) is 40.0 Å². The zero-order valence-electron chi connectivity index (χ0n) is 10.6. The van der Waals surface area contributed by atoms with Gasteiger partial charge in [0.25, 0.3) is 0 Å².